The zero-order valence-electron chi connectivity index (χ0n) is 12.6. The van der Waals surface area contributed by atoms with Crippen LogP contribution < -0.4 is 10.1 Å². The number of carbonyl (C=O) groups is 1. The van der Waals surface area contributed by atoms with Gasteiger partial charge in [-0.05, 0) is 49.7 Å². The summed E-state index contributed by atoms with van der Waals surface area (Å²) in [5.74, 6) is -0.572. The zero-order valence-corrected chi connectivity index (χ0v) is 13.4. The average Bonchev–Trinajstić information content (AvgIpc) is 3.37. The number of carboxylic acid groups (broad SMARTS) is 1. The number of rotatable bonds is 6. The second kappa shape index (κ2) is 6.18. The van der Waals surface area contributed by atoms with E-state index >= 15 is 0 Å². The molecule has 0 aliphatic heterocycles. The van der Waals surface area contributed by atoms with Crippen molar-refractivity contribution in [3.63, 3.8) is 0 Å². The number of aromatic carboxylic acids is 1. The third-order valence-electron chi connectivity index (χ3n) is 4.13. The van der Waals surface area contributed by atoms with Gasteiger partial charge in [0.15, 0.2) is 5.56 Å². The molecule has 1 aromatic carbocycles. The molecule has 1 saturated carbocycles. The fourth-order valence-electron chi connectivity index (χ4n) is 2.46. The number of hydrogen-bond acceptors (Lipinski definition) is 4. The number of nitrogens with zero attached hydrogens (tertiary/aromatic N) is 1. The van der Waals surface area contributed by atoms with Crippen LogP contribution in [0.5, 0.6) is 5.88 Å². The fraction of sp³-hybridized carbons (Fsp3) is 0.294. The van der Waals surface area contributed by atoms with Crippen molar-refractivity contribution in [3.05, 3.63) is 48.2 Å². The molecule has 2 N–H and O–H groups in total. The molecule has 2 aromatic rings. The standard InChI is InChI=1S/C17H17ClN2O3/c1-19-17(7-8-17)16(18)23-14-13(6-3-9-20-14)11-4-2-5-12(10-11)15(21)22/h2-6,9-10,16,19H,7-8H2,1H3,(H,21,22). The van der Waals surface area contributed by atoms with E-state index in [-0.39, 0.29) is 11.1 Å². The highest BCUT2D eigenvalue weighted by Crippen LogP contribution is 2.42. The van der Waals surface area contributed by atoms with Crippen molar-refractivity contribution in [3.8, 4) is 17.0 Å². The van der Waals surface area contributed by atoms with Crippen LogP contribution in [0.25, 0.3) is 11.1 Å². The maximum atomic E-state index is 11.1. The Bertz CT molecular complexity index is 731. The molecule has 1 atom stereocenters. The van der Waals surface area contributed by atoms with Gasteiger partial charge in [-0.25, -0.2) is 9.78 Å². The lowest BCUT2D eigenvalue weighted by molar-refractivity contribution is 0.0697. The highest BCUT2D eigenvalue weighted by molar-refractivity contribution is 6.21. The van der Waals surface area contributed by atoms with Gasteiger partial charge in [0.25, 0.3) is 0 Å². The van der Waals surface area contributed by atoms with E-state index in [1.54, 1.807) is 30.5 Å². The van der Waals surface area contributed by atoms with Gasteiger partial charge in [-0.15, -0.1) is 0 Å². The van der Waals surface area contributed by atoms with E-state index in [1.165, 1.54) is 0 Å². The molecule has 0 amide bonds. The fourth-order valence-corrected chi connectivity index (χ4v) is 2.87. The van der Waals surface area contributed by atoms with Crippen molar-refractivity contribution in [2.75, 3.05) is 7.05 Å². The van der Waals surface area contributed by atoms with Crippen LogP contribution >= 0.6 is 11.6 Å². The molecular formula is C17H17ClN2O3. The van der Waals surface area contributed by atoms with Gasteiger partial charge in [0.05, 0.1) is 11.1 Å². The molecule has 1 unspecified atom stereocenters. The van der Waals surface area contributed by atoms with E-state index in [0.29, 0.717) is 11.4 Å². The molecule has 23 heavy (non-hydrogen) atoms. The van der Waals surface area contributed by atoms with Crippen LogP contribution in [0.4, 0.5) is 0 Å². The van der Waals surface area contributed by atoms with Gasteiger partial charge in [0.1, 0.15) is 0 Å². The molecule has 3 rings (SSSR count). The summed E-state index contributed by atoms with van der Waals surface area (Å²) in [6.07, 6.45) is 3.53. The van der Waals surface area contributed by atoms with E-state index in [0.717, 1.165) is 18.4 Å². The first kappa shape index (κ1) is 15.8. The highest BCUT2D eigenvalue weighted by Gasteiger charge is 2.49. The third kappa shape index (κ3) is 3.16. The SMILES string of the molecule is CNC1(C(Cl)Oc2ncccc2-c2cccc(C(=O)O)c2)CC1. The molecule has 1 aromatic heterocycles. The average molecular weight is 333 g/mol. The number of ether oxygens (including phenoxy) is 1. The molecule has 0 radical (unpaired) electrons. The van der Waals surface area contributed by atoms with Crippen LogP contribution in [0.3, 0.4) is 0 Å². The second-order valence-electron chi connectivity index (χ2n) is 5.58. The monoisotopic (exact) mass is 332 g/mol. The quantitative estimate of drug-likeness (QED) is 0.795. The number of hydrogen-bond donors (Lipinski definition) is 2. The molecule has 120 valence electrons. The number of alkyl halides is 1. The van der Waals surface area contributed by atoms with Gasteiger partial charge < -0.3 is 15.2 Å². The van der Waals surface area contributed by atoms with Crippen molar-refractivity contribution >= 4 is 17.6 Å². The van der Waals surface area contributed by atoms with Crippen molar-refractivity contribution in [2.24, 2.45) is 0 Å². The van der Waals surface area contributed by atoms with Crippen molar-refractivity contribution in [1.82, 2.24) is 10.3 Å². The summed E-state index contributed by atoms with van der Waals surface area (Å²) in [7, 11) is 1.86. The second-order valence-corrected chi connectivity index (χ2v) is 5.98. The number of halogens is 1. The summed E-state index contributed by atoms with van der Waals surface area (Å²) in [6.45, 7) is 0. The van der Waals surface area contributed by atoms with E-state index in [1.807, 2.05) is 19.2 Å². The molecule has 0 bridgehead atoms. The summed E-state index contributed by atoms with van der Waals surface area (Å²) in [6, 6.07) is 10.3. The Labute approximate surface area is 139 Å². The molecule has 5 nitrogen and oxygen atoms in total. The number of pyridine rings is 1. The Kier molecular flexibility index (Phi) is 4.24. The first-order valence-electron chi connectivity index (χ1n) is 7.34. The molecule has 1 fully saturated rings. The Balaban J connectivity index is 1.92. The number of likely N-dealkylation sites (N-methyl/N-ethyl adjacent to an activating group) is 1. The van der Waals surface area contributed by atoms with E-state index < -0.39 is 11.5 Å². The van der Waals surface area contributed by atoms with Gasteiger partial charge in [0.2, 0.25) is 5.88 Å². The summed E-state index contributed by atoms with van der Waals surface area (Å²) in [5.41, 5.74) is 0.913. The predicted octanol–water partition coefficient (Wildman–Crippen LogP) is 3.14. The largest absolute Gasteiger partial charge is 0.478 e. The Morgan fingerprint density at radius 1 is 1.39 bits per heavy atom. The zero-order chi connectivity index (χ0) is 16.4. The summed E-state index contributed by atoms with van der Waals surface area (Å²) in [4.78, 5) is 15.4. The highest BCUT2D eigenvalue weighted by atomic mass is 35.5. The molecule has 6 heteroatoms. The van der Waals surface area contributed by atoms with E-state index in [4.69, 9.17) is 21.4 Å². The Morgan fingerprint density at radius 2 is 2.17 bits per heavy atom. The van der Waals surface area contributed by atoms with Crippen molar-refractivity contribution in [2.45, 2.75) is 23.9 Å². The van der Waals surface area contributed by atoms with Gasteiger partial charge in [-0.1, -0.05) is 23.7 Å². The van der Waals surface area contributed by atoms with Crippen molar-refractivity contribution < 1.29 is 14.6 Å². The summed E-state index contributed by atoms with van der Waals surface area (Å²) < 4.78 is 5.86. The minimum atomic E-state index is -0.972. The molecule has 1 heterocycles. The van der Waals surface area contributed by atoms with Gasteiger partial charge in [-0.3, -0.25) is 0 Å². The first-order chi connectivity index (χ1) is 11.1. The van der Waals surface area contributed by atoms with Gasteiger partial charge in [-0.2, -0.15) is 0 Å². The van der Waals surface area contributed by atoms with E-state index in [9.17, 15) is 4.79 Å². The van der Waals surface area contributed by atoms with Gasteiger partial charge >= 0.3 is 5.97 Å². The Morgan fingerprint density at radius 3 is 2.83 bits per heavy atom. The topological polar surface area (TPSA) is 71.5 Å². The van der Waals surface area contributed by atoms with Crippen LogP contribution in [-0.2, 0) is 0 Å². The van der Waals surface area contributed by atoms with Crippen LogP contribution in [-0.4, -0.2) is 34.2 Å². The van der Waals surface area contributed by atoms with Crippen molar-refractivity contribution in [1.29, 1.82) is 0 Å². The number of benzene rings is 1. The predicted molar refractivity (Wildman–Crippen MR) is 87.9 cm³/mol. The minimum Gasteiger partial charge on any atom is -0.478 e. The third-order valence-corrected chi connectivity index (χ3v) is 4.63. The maximum Gasteiger partial charge on any atom is 0.335 e. The number of nitrogens with one attached hydrogen (secondary N) is 1. The van der Waals surface area contributed by atoms with Gasteiger partial charge in [0, 0.05) is 11.8 Å². The molecular weight excluding hydrogens is 316 g/mol. The minimum absolute atomic E-state index is 0.209. The molecule has 1 aliphatic carbocycles. The lowest BCUT2D eigenvalue weighted by Crippen LogP contribution is -2.40. The first-order valence-corrected chi connectivity index (χ1v) is 7.78. The van der Waals surface area contributed by atoms with Crippen LogP contribution in [0.1, 0.15) is 23.2 Å². The van der Waals surface area contributed by atoms with Crippen LogP contribution in [0, 0.1) is 0 Å². The Hall–Kier alpha value is -2.11. The lowest BCUT2D eigenvalue weighted by atomic mass is 10.0. The molecule has 0 spiro atoms. The summed E-state index contributed by atoms with van der Waals surface area (Å²) >= 11 is 6.39. The van der Waals surface area contributed by atoms with Crippen LogP contribution in [0.15, 0.2) is 42.6 Å². The normalized spacial score (nSPS) is 16.6. The number of carboxylic acids is 1. The maximum absolute atomic E-state index is 11.1. The summed E-state index contributed by atoms with van der Waals surface area (Å²) in [5, 5.41) is 12.3. The molecule has 1 aliphatic rings. The van der Waals surface area contributed by atoms with E-state index in [2.05, 4.69) is 10.3 Å². The smallest absolute Gasteiger partial charge is 0.335 e. The number of aromatic nitrogens is 1. The lowest BCUT2D eigenvalue weighted by Gasteiger charge is -2.22. The van der Waals surface area contributed by atoms with Crippen LogP contribution in [0.2, 0.25) is 0 Å². The molecule has 0 saturated heterocycles.